The van der Waals surface area contributed by atoms with Crippen LogP contribution >= 0.6 is 0 Å². The number of carbonyl (C=O) groups excluding carboxylic acids is 1. The number of methoxy groups -OCH3 is 2. The van der Waals surface area contributed by atoms with E-state index in [1.54, 1.807) is 52.3 Å². The summed E-state index contributed by atoms with van der Waals surface area (Å²) >= 11 is 0. The monoisotopic (exact) mass is 491 g/mol. The number of sulfonamides is 1. The molecular formula is C25H37N3O5S. The van der Waals surface area contributed by atoms with Gasteiger partial charge in [0.1, 0.15) is 0 Å². The number of nitrogens with zero attached hydrogens (tertiary/aromatic N) is 2. The standard InChI is InChI=1S/C25H37N3O5S/c1-7-27(8-2)22-16-15-20(34(30,31)28(9-3)10-4)18-21(22)26-24(29)17-14-19-12-11-13-23(32-5)25(19)33-6/h11-13,15-16,18H,7-10,14,17H2,1-6H3,(H,26,29). The van der Waals surface area contributed by atoms with Gasteiger partial charge in [0.05, 0.1) is 30.5 Å². The first kappa shape index (κ1) is 27.5. The van der Waals surface area contributed by atoms with Gasteiger partial charge in [0.25, 0.3) is 0 Å². The lowest BCUT2D eigenvalue weighted by Crippen LogP contribution is -2.31. The Morgan fingerprint density at radius 1 is 0.941 bits per heavy atom. The van der Waals surface area contributed by atoms with Gasteiger partial charge in [-0.3, -0.25) is 4.79 Å². The van der Waals surface area contributed by atoms with Crippen LogP contribution in [0.5, 0.6) is 11.5 Å². The second kappa shape index (κ2) is 12.6. The molecule has 2 aromatic carbocycles. The van der Waals surface area contributed by atoms with Crippen LogP contribution in [0.25, 0.3) is 0 Å². The van der Waals surface area contributed by atoms with E-state index in [0.29, 0.717) is 36.7 Å². The van der Waals surface area contributed by atoms with Crippen LogP contribution in [-0.4, -0.2) is 59.0 Å². The minimum absolute atomic E-state index is 0.164. The first-order chi connectivity index (χ1) is 16.3. The molecule has 0 aliphatic rings. The summed E-state index contributed by atoms with van der Waals surface area (Å²) in [5.74, 6) is 1.00. The molecule has 0 saturated heterocycles. The molecule has 2 aromatic rings. The quantitative estimate of drug-likeness (QED) is 0.453. The number of hydrogen-bond acceptors (Lipinski definition) is 6. The smallest absolute Gasteiger partial charge is 0.243 e. The van der Waals surface area contributed by atoms with Crippen molar-refractivity contribution >= 4 is 27.3 Å². The summed E-state index contributed by atoms with van der Waals surface area (Å²) in [7, 11) is -0.513. The minimum Gasteiger partial charge on any atom is -0.493 e. The molecule has 9 heteroatoms. The van der Waals surface area contributed by atoms with Gasteiger partial charge in [-0.15, -0.1) is 0 Å². The number of para-hydroxylation sites is 1. The van der Waals surface area contributed by atoms with Crippen LogP contribution < -0.4 is 19.7 Å². The Labute approximate surface area is 203 Å². The number of rotatable bonds is 13. The van der Waals surface area contributed by atoms with Crippen molar-refractivity contribution in [3.8, 4) is 11.5 Å². The Balaban J connectivity index is 2.34. The number of carbonyl (C=O) groups is 1. The Kier molecular flexibility index (Phi) is 10.2. The van der Waals surface area contributed by atoms with Gasteiger partial charge >= 0.3 is 0 Å². The molecule has 0 aromatic heterocycles. The number of anilines is 2. The van der Waals surface area contributed by atoms with Crippen molar-refractivity contribution < 1.29 is 22.7 Å². The first-order valence-corrected chi connectivity index (χ1v) is 13.1. The fourth-order valence-electron chi connectivity index (χ4n) is 3.94. The third-order valence-electron chi connectivity index (χ3n) is 5.80. The van der Waals surface area contributed by atoms with E-state index >= 15 is 0 Å². The molecule has 0 heterocycles. The molecule has 0 unspecified atom stereocenters. The highest BCUT2D eigenvalue weighted by Crippen LogP contribution is 2.33. The van der Waals surface area contributed by atoms with E-state index < -0.39 is 10.0 Å². The molecule has 8 nitrogen and oxygen atoms in total. The van der Waals surface area contributed by atoms with Gasteiger partial charge in [0.2, 0.25) is 15.9 Å². The van der Waals surface area contributed by atoms with Gasteiger partial charge in [-0.05, 0) is 50.1 Å². The predicted molar refractivity (Wildman–Crippen MR) is 137 cm³/mol. The Morgan fingerprint density at radius 2 is 1.62 bits per heavy atom. The van der Waals surface area contributed by atoms with Crippen molar-refractivity contribution in [2.24, 2.45) is 0 Å². The molecule has 1 N–H and O–H groups in total. The zero-order valence-corrected chi connectivity index (χ0v) is 21.9. The lowest BCUT2D eigenvalue weighted by molar-refractivity contribution is -0.116. The number of benzene rings is 2. The van der Waals surface area contributed by atoms with Crippen LogP contribution in [-0.2, 0) is 21.2 Å². The largest absolute Gasteiger partial charge is 0.493 e. The van der Waals surface area contributed by atoms with E-state index in [-0.39, 0.29) is 17.2 Å². The minimum atomic E-state index is -3.65. The average Bonchev–Trinajstić information content (AvgIpc) is 2.84. The van der Waals surface area contributed by atoms with Crippen molar-refractivity contribution in [1.29, 1.82) is 0 Å². The lowest BCUT2D eigenvalue weighted by atomic mass is 10.1. The maximum atomic E-state index is 13.1. The third-order valence-corrected chi connectivity index (χ3v) is 7.84. The highest BCUT2D eigenvalue weighted by molar-refractivity contribution is 7.89. The van der Waals surface area contributed by atoms with Crippen LogP contribution in [0.1, 0.15) is 39.7 Å². The summed E-state index contributed by atoms with van der Waals surface area (Å²) in [5, 5.41) is 2.95. The molecule has 0 spiro atoms. The van der Waals surface area contributed by atoms with Gasteiger partial charge < -0.3 is 19.7 Å². The summed E-state index contributed by atoms with van der Waals surface area (Å²) < 4.78 is 38.3. The van der Waals surface area contributed by atoms with Crippen LogP contribution in [0.4, 0.5) is 11.4 Å². The zero-order chi connectivity index (χ0) is 25.3. The van der Waals surface area contributed by atoms with Crippen molar-refractivity contribution in [1.82, 2.24) is 4.31 Å². The Hall–Kier alpha value is -2.78. The van der Waals surface area contributed by atoms with Gasteiger partial charge in [0.15, 0.2) is 11.5 Å². The summed E-state index contributed by atoms with van der Waals surface area (Å²) in [5.41, 5.74) is 2.13. The molecule has 188 valence electrons. The van der Waals surface area contributed by atoms with E-state index in [0.717, 1.165) is 24.3 Å². The van der Waals surface area contributed by atoms with Crippen molar-refractivity contribution in [2.45, 2.75) is 45.4 Å². The van der Waals surface area contributed by atoms with Crippen LogP contribution in [0, 0.1) is 0 Å². The highest BCUT2D eigenvalue weighted by Gasteiger charge is 2.24. The molecule has 1 amide bonds. The molecule has 0 aliphatic carbocycles. The second-order valence-corrected chi connectivity index (χ2v) is 9.58. The number of amides is 1. The number of nitrogens with one attached hydrogen (secondary N) is 1. The maximum absolute atomic E-state index is 13.1. The van der Waals surface area contributed by atoms with E-state index in [9.17, 15) is 13.2 Å². The normalized spacial score (nSPS) is 11.4. The summed E-state index contributed by atoms with van der Waals surface area (Å²) in [6, 6.07) is 10.5. The van der Waals surface area contributed by atoms with E-state index in [4.69, 9.17) is 9.47 Å². The summed E-state index contributed by atoms with van der Waals surface area (Å²) in [4.78, 5) is 15.2. The first-order valence-electron chi connectivity index (χ1n) is 11.7. The summed E-state index contributed by atoms with van der Waals surface area (Å²) in [6.07, 6.45) is 0.651. The molecule has 2 rings (SSSR count). The molecule has 0 atom stereocenters. The molecule has 0 aliphatic heterocycles. The van der Waals surface area contributed by atoms with Crippen LogP contribution in [0.2, 0.25) is 0 Å². The molecule has 0 fully saturated rings. The number of ether oxygens (including phenoxy) is 2. The molecule has 0 bridgehead atoms. The van der Waals surface area contributed by atoms with Crippen LogP contribution in [0.3, 0.4) is 0 Å². The predicted octanol–water partition coefficient (Wildman–Crippen LogP) is 4.15. The fraction of sp³-hybridized carbons (Fsp3) is 0.480. The van der Waals surface area contributed by atoms with Gasteiger partial charge in [-0.2, -0.15) is 4.31 Å². The molecule has 34 heavy (non-hydrogen) atoms. The molecular weight excluding hydrogens is 454 g/mol. The number of aryl methyl sites for hydroxylation is 1. The van der Waals surface area contributed by atoms with Gasteiger partial charge in [-0.1, -0.05) is 26.0 Å². The topological polar surface area (TPSA) is 88.2 Å². The Morgan fingerprint density at radius 3 is 2.18 bits per heavy atom. The van der Waals surface area contributed by atoms with E-state index in [2.05, 4.69) is 10.2 Å². The third kappa shape index (κ3) is 6.21. The zero-order valence-electron chi connectivity index (χ0n) is 21.1. The highest BCUT2D eigenvalue weighted by atomic mass is 32.2. The average molecular weight is 492 g/mol. The van der Waals surface area contributed by atoms with Crippen LogP contribution in [0.15, 0.2) is 41.3 Å². The Bertz CT molecular complexity index is 1060. The molecule has 0 saturated carbocycles. The van der Waals surface area contributed by atoms with E-state index in [1.807, 2.05) is 26.0 Å². The van der Waals surface area contributed by atoms with Crippen molar-refractivity contribution in [3.63, 3.8) is 0 Å². The van der Waals surface area contributed by atoms with E-state index in [1.165, 1.54) is 4.31 Å². The summed E-state index contributed by atoms with van der Waals surface area (Å²) in [6.45, 7) is 9.85. The van der Waals surface area contributed by atoms with Gasteiger partial charge in [0, 0.05) is 32.6 Å². The van der Waals surface area contributed by atoms with Crippen molar-refractivity contribution in [2.75, 3.05) is 50.6 Å². The van der Waals surface area contributed by atoms with Gasteiger partial charge in [-0.25, -0.2) is 8.42 Å². The number of hydrogen-bond donors (Lipinski definition) is 1. The molecule has 0 radical (unpaired) electrons. The second-order valence-electron chi connectivity index (χ2n) is 7.64. The SMILES string of the molecule is CCN(CC)c1ccc(S(=O)(=O)N(CC)CC)cc1NC(=O)CCc1cccc(OC)c1OC. The fourth-order valence-corrected chi connectivity index (χ4v) is 5.42. The van der Waals surface area contributed by atoms with Crippen molar-refractivity contribution in [3.05, 3.63) is 42.0 Å². The maximum Gasteiger partial charge on any atom is 0.243 e. The lowest BCUT2D eigenvalue weighted by Gasteiger charge is -2.26.